The van der Waals surface area contributed by atoms with Crippen molar-refractivity contribution in [1.29, 1.82) is 0 Å². The van der Waals surface area contributed by atoms with E-state index >= 15 is 0 Å². The molecule has 0 heterocycles. The van der Waals surface area contributed by atoms with Crippen LogP contribution in [0.3, 0.4) is 0 Å². The third kappa shape index (κ3) is 36.4. The predicted molar refractivity (Wildman–Crippen MR) is 229 cm³/mol. The second-order valence-electron chi connectivity index (χ2n) is 15.6. The van der Waals surface area contributed by atoms with E-state index in [0.29, 0.717) is 19.3 Å². The molecule has 0 bridgehead atoms. The zero-order valence-corrected chi connectivity index (χ0v) is 35.9. The Morgan fingerprint density at radius 3 is 1.45 bits per heavy atom. The summed E-state index contributed by atoms with van der Waals surface area (Å²) in [5.74, 6) is -1.53. The normalized spacial score (nSPS) is 13.5. The van der Waals surface area contributed by atoms with Crippen molar-refractivity contribution in [3.63, 3.8) is 0 Å². The molecule has 0 aromatic rings. The van der Waals surface area contributed by atoms with E-state index in [9.17, 15) is 19.5 Å². The van der Waals surface area contributed by atoms with Crippen LogP contribution in [-0.2, 0) is 28.6 Å². The fourth-order valence-electron chi connectivity index (χ4n) is 5.99. The van der Waals surface area contributed by atoms with Crippen LogP contribution >= 0.6 is 0 Å². The van der Waals surface area contributed by atoms with Gasteiger partial charge in [0, 0.05) is 19.3 Å². The molecule has 0 rings (SSSR count). The van der Waals surface area contributed by atoms with Crippen molar-refractivity contribution in [2.45, 2.75) is 180 Å². The second-order valence-corrected chi connectivity index (χ2v) is 15.6. The summed E-state index contributed by atoms with van der Waals surface area (Å²) in [4.78, 5) is 36.9. The van der Waals surface area contributed by atoms with E-state index in [1.54, 1.807) is 0 Å². The first kappa shape index (κ1) is 52.0. The number of hydrogen-bond donors (Lipinski definition) is 1. The minimum absolute atomic E-state index is 0.0464. The van der Waals surface area contributed by atoms with Crippen molar-refractivity contribution in [3.8, 4) is 0 Å². The zero-order valence-electron chi connectivity index (χ0n) is 35.9. The summed E-state index contributed by atoms with van der Waals surface area (Å²) < 4.78 is 17.2. The van der Waals surface area contributed by atoms with Crippen molar-refractivity contribution in [3.05, 3.63) is 60.8 Å². The van der Waals surface area contributed by atoms with E-state index in [1.807, 2.05) is 21.1 Å². The minimum Gasteiger partial charge on any atom is -0.477 e. The largest absolute Gasteiger partial charge is 0.477 e. The molecular formula is C47H82NO7+. The monoisotopic (exact) mass is 773 g/mol. The Kier molecular flexibility index (Phi) is 35.9. The molecule has 0 fully saturated rings. The number of ether oxygens (including phenoxy) is 3. The highest BCUT2D eigenvalue weighted by Crippen LogP contribution is 2.13. The summed E-state index contributed by atoms with van der Waals surface area (Å²) in [6, 6.07) is -0.621. The van der Waals surface area contributed by atoms with Crippen LogP contribution in [0.15, 0.2) is 60.8 Å². The fourth-order valence-corrected chi connectivity index (χ4v) is 5.99. The number of hydrogen-bond acceptors (Lipinski definition) is 6. The van der Waals surface area contributed by atoms with Crippen LogP contribution < -0.4 is 0 Å². The number of esters is 2. The second kappa shape index (κ2) is 37.9. The number of aliphatic carboxylic acids is 1. The molecule has 0 spiro atoms. The topological polar surface area (TPSA) is 99.1 Å². The number of rotatable bonds is 38. The average molecular weight is 773 g/mol. The van der Waals surface area contributed by atoms with Gasteiger partial charge in [-0.25, -0.2) is 4.79 Å². The van der Waals surface area contributed by atoms with Crippen LogP contribution in [0.25, 0.3) is 0 Å². The molecule has 0 radical (unpaired) electrons. The lowest BCUT2D eigenvalue weighted by molar-refractivity contribution is -0.887. The van der Waals surface area contributed by atoms with E-state index < -0.39 is 18.1 Å². The molecule has 0 saturated heterocycles. The number of quaternary nitrogens is 1. The van der Waals surface area contributed by atoms with Crippen molar-refractivity contribution in [1.82, 2.24) is 0 Å². The molecule has 8 heteroatoms. The summed E-state index contributed by atoms with van der Waals surface area (Å²) in [5, 5.41) is 9.60. The number of carboxylic acid groups (broad SMARTS) is 1. The Hall–Kier alpha value is -2.97. The first-order valence-corrected chi connectivity index (χ1v) is 21.8. The van der Waals surface area contributed by atoms with Gasteiger partial charge in [0.15, 0.2) is 12.1 Å². The molecule has 0 amide bonds. The summed E-state index contributed by atoms with van der Waals surface area (Å²) in [5.41, 5.74) is 0. The summed E-state index contributed by atoms with van der Waals surface area (Å²) >= 11 is 0. The Balaban J connectivity index is 4.38. The Morgan fingerprint density at radius 1 is 0.545 bits per heavy atom. The molecule has 316 valence electrons. The summed E-state index contributed by atoms with van der Waals surface area (Å²) in [6.07, 6.45) is 45.5. The number of nitrogens with zero attached hydrogens (tertiary/aromatic N) is 1. The Bertz CT molecular complexity index is 1090. The molecule has 0 aromatic heterocycles. The van der Waals surface area contributed by atoms with E-state index in [2.05, 4.69) is 74.6 Å². The SMILES string of the molecule is CCCCC/C=C/C/C=C/C/C=C/C/C=C/C/C=C/CCCCC(=O)OCC(COCCC(C(=O)O)[N+](C)(C)C)OC(=O)CCCCCCCCCCCC. The fraction of sp³-hybridized carbons (Fsp3) is 0.723. The lowest BCUT2D eigenvalue weighted by Crippen LogP contribution is -2.50. The van der Waals surface area contributed by atoms with Crippen LogP contribution in [0.5, 0.6) is 0 Å². The molecule has 1 N–H and O–H groups in total. The van der Waals surface area contributed by atoms with Crippen molar-refractivity contribution in [2.75, 3.05) is 41.0 Å². The maximum Gasteiger partial charge on any atom is 0.362 e. The lowest BCUT2D eigenvalue weighted by atomic mass is 10.1. The van der Waals surface area contributed by atoms with Crippen LogP contribution in [0.4, 0.5) is 0 Å². The number of unbranched alkanes of at least 4 members (excludes halogenated alkanes) is 14. The minimum atomic E-state index is -0.883. The number of carboxylic acids is 1. The molecule has 55 heavy (non-hydrogen) atoms. The van der Waals surface area contributed by atoms with Crippen LogP contribution in [0.1, 0.15) is 168 Å². The predicted octanol–water partition coefficient (Wildman–Crippen LogP) is 11.8. The van der Waals surface area contributed by atoms with Gasteiger partial charge in [-0.2, -0.15) is 0 Å². The maximum atomic E-state index is 12.7. The lowest BCUT2D eigenvalue weighted by Gasteiger charge is -2.31. The molecule has 0 aliphatic carbocycles. The van der Waals surface area contributed by atoms with Gasteiger partial charge in [0.1, 0.15) is 6.61 Å². The summed E-state index contributed by atoms with van der Waals surface area (Å²) in [7, 11) is 5.50. The third-order valence-corrected chi connectivity index (χ3v) is 9.42. The molecule has 0 aliphatic rings. The highest BCUT2D eigenvalue weighted by atomic mass is 16.6. The molecule has 0 aromatic carbocycles. The molecule has 2 unspecified atom stereocenters. The standard InChI is InChI=1S/C47H81NO7/c1-6-8-10-12-14-16-18-19-20-21-22-23-24-25-26-27-28-30-31-33-35-37-45(49)54-42-43(41-53-40-39-44(47(51)52)48(3,4)5)55-46(50)38-36-34-32-29-17-15-13-11-9-7-2/h14,16,19-20,22-23,25-26,28,30,43-44H,6-13,15,17-18,21,24,27,29,31-42H2,1-5H3/p+1/b16-14+,20-19+,23-22+,26-25+,30-28+. The van der Waals surface area contributed by atoms with Crippen LogP contribution in [-0.4, -0.2) is 80.6 Å². The third-order valence-electron chi connectivity index (χ3n) is 9.42. The van der Waals surface area contributed by atoms with Gasteiger partial charge < -0.3 is 23.8 Å². The highest BCUT2D eigenvalue weighted by molar-refractivity contribution is 5.72. The molecule has 0 aliphatic heterocycles. The van der Waals surface area contributed by atoms with E-state index in [1.165, 1.54) is 70.6 Å². The Morgan fingerprint density at radius 2 is 0.964 bits per heavy atom. The van der Waals surface area contributed by atoms with E-state index in [4.69, 9.17) is 14.2 Å². The smallest absolute Gasteiger partial charge is 0.362 e. The average Bonchev–Trinajstić information content (AvgIpc) is 3.14. The van der Waals surface area contributed by atoms with Gasteiger partial charge in [0.05, 0.1) is 34.4 Å². The Labute approximate surface area is 337 Å². The number of allylic oxidation sites excluding steroid dienone is 10. The molecule has 0 saturated carbocycles. The van der Waals surface area contributed by atoms with Gasteiger partial charge in [0.2, 0.25) is 0 Å². The molecular weight excluding hydrogens is 691 g/mol. The number of carbonyl (C=O) groups is 3. The van der Waals surface area contributed by atoms with Gasteiger partial charge in [-0.05, 0) is 64.2 Å². The first-order valence-electron chi connectivity index (χ1n) is 21.8. The van der Waals surface area contributed by atoms with Gasteiger partial charge in [-0.1, -0.05) is 145 Å². The quantitative estimate of drug-likeness (QED) is 0.0289. The van der Waals surface area contributed by atoms with E-state index in [-0.39, 0.29) is 36.2 Å². The van der Waals surface area contributed by atoms with Crippen LogP contribution in [0, 0.1) is 0 Å². The number of carbonyl (C=O) groups excluding carboxylic acids is 2. The van der Waals surface area contributed by atoms with Crippen molar-refractivity contribution in [2.24, 2.45) is 0 Å². The first-order chi connectivity index (χ1) is 26.6. The van der Waals surface area contributed by atoms with Crippen molar-refractivity contribution >= 4 is 17.9 Å². The van der Waals surface area contributed by atoms with Crippen LogP contribution in [0.2, 0.25) is 0 Å². The van der Waals surface area contributed by atoms with E-state index in [0.717, 1.165) is 64.2 Å². The molecule has 2 atom stereocenters. The highest BCUT2D eigenvalue weighted by Gasteiger charge is 2.31. The zero-order chi connectivity index (χ0) is 40.7. The van der Waals surface area contributed by atoms with Crippen molar-refractivity contribution < 1.29 is 38.2 Å². The van der Waals surface area contributed by atoms with Gasteiger partial charge in [-0.15, -0.1) is 0 Å². The van der Waals surface area contributed by atoms with Gasteiger partial charge in [-0.3, -0.25) is 9.59 Å². The van der Waals surface area contributed by atoms with Gasteiger partial charge >= 0.3 is 17.9 Å². The maximum absolute atomic E-state index is 12.7. The molecule has 8 nitrogen and oxygen atoms in total. The number of likely N-dealkylation sites (N-methyl/N-ethyl adjacent to an activating group) is 1. The summed E-state index contributed by atoms with van der Waals surface area (Å²) in [6.45, 7) is 4.64. The van der Waals surface area contributed by atoms with Gasteiger partial charge in [0.25, 0.3) is 0 Å².